The van der Waals surface area contributed by atoms with Gasteiger partial charge in [-0.15, -0.1) is 0 Å². The van der Waals surface area contributed by atoms with E-state index in [2.05, 4.69) is 51.0 Å². The summed E-state index contributed by atoms with van der Waals surface area (Å²) in [6, 6.07) is 20.6. The van der Waals surface area contributed by atoms with Gasteiger partial charge in [0.2, 0.25) is 0 Å². The molecule has 2 aromatic carbocycles. The average Bonchev–Trinajstić information content (AvgIpc) is 3.74. The van der Waals surface area contributed by atoms with Gasteiger partial charge >= 0.3 is 0 Å². The topological polar surface area (TPSA) is 90.8 Å². The van der Waals surface area contributed by atoms with Gasteiger partial charge in [0.15, 0.2) is 5.76 Å². The first-order valence-corrected chi connectivity index (χ1v) is 13.5. The number of hydrogen-bond acceptors (Lipinski definition) is 5. The van der Waals surface area contributed by atoms with Crippen molar-refractivity contribution in [1.82, 2.24) is 29.4 Å². The summed E-state index contributed by atoms with van der Waals surface area (Å²) in [6.45, 7) is 2.87. The molecule has 0 aliphatic heterocycles. The van der Waals surface area contributed by atoms with Crippen molar-refractivity contribution in [3.8, 4) is 16.9 Å². The largest absolute Gasteiger partial charge is 0.451 e. The molecule has 0 radical (unpaired) electrons. The number of imidazole rings is 2. The second-order valence-electron chi connectivity index (χ2n) is 9.51. The van der Waals surface area contributed by atoms with E-state index in [1.165, 1.54) is 0 Å². The summed E-state index contributed by atoms with van der Waals surface area (Å²) in [7, 11) is 0. The van der Waals surface area contributed by atoms with Gasteiger partial charge in [-0.05, 0) is 60.5 Å². The maximum absolute atomic E-state index is 13.5. The quantitative estimate of drug-likeness (QED) is 0.217. The number of fused-ring (bicyclic) bond motifs is 1. The summed E-state index contributed by atoms with van der Waals surface area (Å²) in [4.78, 5) is 26.9. The third-order valence-electron chi connectivity index (χ3n) is 6.76. The Morgan fingerprint density at radius 1 is 1.05 bits per heavy atom. The van der Waals surface area contributed by atoms with Crippen LogP contribution in [0.3, 0.4) is 0 Å². The third kappa shape index (κ3) is 5.26. The monoisotopic (exact) mass is 550 g/mol. The SMILES string of the molecule is CCCn1c(-c2ccc(-n3ccnc3)cc2)cnc1C(Cc1ccccn1)NC(=O)c1cc2cc(Cl)ccc2o1. The average molecular weight is 551 g/mol. The molecule has 6 rings (SSSR count). The number of nitrogens with one attached hydrogen (secondary N) is 1. The molecule has 0 aliphatic rings. The number of pyridine rings is 1. The Bertz CT molecular complexity index is 1740. The second-order valence-corrected chi connectivity index (χ2v) is 9.95. The van der Waals surface area contributed by atoms with E-state index in [0.29, 0.717) is 17.0 Å². The van der Waals surface area contributed by atoms with Crippen molar-refractivity contribution in [3.63, 3.8) is 0 Å². The lowest BCUT2D eigenvalue weighted by Crippen LogP contribution is -2.32. The van der Waals surface area contributed by atoms with Crippen LogP contribution < -0.4 is 5.32 Å². The summed E-state index contributed by atoms with van der Waals surface area (Å²) in [5, 5.41) is 4.52. The van der Waals surface area contributed by atoms with Crippen LogP contribution in [0.2, 0.25) is 5.02 Å². The van der Waals surface area contributed by atoms with Crippen LogP contribution >= 0.6 is 11.6 Å². The highest BCUT2D eigenvalue weighted by molar-refractivity contribution is 6.31. The summed E-state index contributed by atoms with van der Waals surface area (Å²) < 4.78 is 9.99. The molecule has 1 N–H and O–H groups in total. The molecular weight excluding hydrogens is 524 g/mol. The first-order chi connectivity index (χ1) is 19.6. The van der Waals surface area contributed by atoms with Gasteiger partial charge in [-0.25, -0.2) is 9.97 Å². The molecule has 1 amide bonds. The first kappa shape index (κ1) is 25.6. The summed E-state index contributed by atoms with van der Waals surface area (Å²) >= 11 is 6.13. The lowest BCUT2D eigenvalue weighted by molar-refractivity contribution is 0.0908. The van der Waals surface area contributed by atoms with Gasteiger partial charge in [-0.2, -0.15) is 0 Å². The maximum Gasteiger partial charge on any atom is 0.287 e. The van der Waals surface area contributed by atoms with E-state index in [9.17, 15) is 4.79 Å². The van der Waals surface area contributed by atoms with Crippen LogP contribution in [0.1, 0.15) is 41.5 Å². The van der Waals surface area contributed by atoms with Crippen molar-refractivity contribution in [2.75, 3.05) is 0 Å². The molecule has 200 valence electrons. The molecule has 0 saturated heterocycles. The first-order valence-electron chi connectivity index (χ1n) is 13.1. The number of aromatic nitrogens is 5. The van der Waals surface area contributed by atoms with Crippen LogP contribution in [0.4, 0.5) is 0 Å². The number of amides is 1. The molecule has 4 heterocycles. The molecule has 0 fully saturated rings. The van der Waals surface area contributed by atoms with Crippen LogP contribution in [-0.4, -0.2) is 30.0 Å². The molecule has 6 aromatic rings. The zero-order valence-corrected chi connectivity index (χ0v) is 22.6. The second kappa shape index (κ2) is 11.2. The Kier molecular flexibility index (Phi) is 7.16. The fraction of sp³-hybridized carbons (Fsp3) is 0.161. The minimum Gasteiger partial charge on any atom is -0.451 e. The Balaban J connectivity index is 1.35. The molecule has 1 unspecified atom stereocenters. The Hall–Kier alpha value is -4.69. The van der Waals surface area contributed by atoms with Gasteiger partial charge in [0.05, 0.1) is 24.3 Å². The number of carbonyl (C=O) groups excluding carboxylic acids is 1. The highest BCUT2D eigenvalue weighted by atomic mass is 35.5. The number of nitrogens with zero attached hydrogens (tertiary/aromatic N) is 5. The van der Waals surface area contributed by atoms with Gasteiger partial charge < -0.3 is 18.9 Å². The van der Waals surface area contributed by atoms with E-state index >= 15 is 0 Å². The van der Waals surface area contributed by atoms with Crippen molar-refractivity contribution in [1.29, 1.82) is 0 Å². The van der Waals surface area contributed by atoms with Crippen LogP contribution in [0, 0.1) is 0 Å². The van der Waals surface area contributed by atoms with Crippen LogP contribution in [0.25, 0.3) is 27.9 Å². The highest BCUT2D eigenvalue weighted by Crippen LogP contribution is 2.28. The van der Waals surface area contributed by atoms with Crippen LogP contribution in [0.5, 0.6) is 0 Å². The van der Waals surface area contributed by atoms with Gasteiger partial charge in [-0.3, -0.25) is 9.78 Å². The predicted molar refractivity (Wildman–Crippen MR) is 154 cm³/mol. The molecule has 0 aliphatic carbocycles. The third-order valence-corrected chi connectivity index (χ3v) is 6.99. The minimum atomic E-state index is -0.440. The van der Waals surface area contributed by atoms with E-state index in [-0.39, 0.29) is 11.7 Å². The lowest BCUT2D eigenvalue weighted by atomic mass is 10.1. The fourth-order valence-corrected chi connectivity index (χ4v) is 5.04. The van der Waals surface area contributed by atoms with E-state index in [0.717, 1.165) is 46.8 Å². The number of carbonyl (C=O) groups is 1. The van der Waals surface area contributed by atoms with Crippen molar-refractivity contribution < 1.29 is 9.21 Å². The molecule has 8 nitrogen and oxygen atoms in total. The van der Waals surface area contributed by atoms with Gasteiger partial charge in [0, 0.05) is 53.3 Å². The van der Waals surface area contributed by atoms with Crippen molar-refractivity contribution in [2.24, 2.45) is 0 Å². The molecule has 0 spiro atoms. The van der Waals surface area contributed by atoms with Crippen molar-refractivity contribution >= 4 is 28.5 Å². The lowest BCUT2D eigenvalue weighted by Gasteiger charge is -2.20. The van der Waals surface area contributed by atoms with E-state index < -0.39 is 6.04 Å². The molecule has 1 atom stereocenters. The Morgan fingerprint density at radius 2 is 1.93 bits per heavy atom. The van der Waals surface area contributed by atoms with Gasteiger partial charge in [-0.1, -0.05) is 36.7 Å². The predicted octanol–water partition coefficient (Wildman–Crippen LogP) is 6.65. The summed E-state index contributed by atoms with van der Waals surface area (Å²) in [6.07, 6.45) is 10.4. The fourth-order valence-electron chi connectivity index (χ4n) is 4.86. The standard InChI is InChI=1S/C31H27ClN6O2/c1-2-14-38-27(21-6-9-25(10-7-21)37-15-13-33-20-37)19-35-30(38)26(18-24-5-3-4-12-34-24)36-31(39)29-17-22-16-23(32)8-11-28(22)40-29/h3-13,15-17,19-20,26H,2,14,18H2,1H3,(H,36,39). The number of halogens is 1. The minimum absolute atomic E-state index is 0.215. The summed E-state index contributed by atoms with van der Waals surface area (Å²) in [5.41, 5.74) is 4.49. The normalized spacial score (nSPS) is 12.1. The number of benzene rings is 2. The van der Waals surface area contributed by atoms with E-state index in [1.807, 2.05) is 35.2 Å². The van der Waals surface area contributed by atoms with Gasteiger partial charge in [0.1, 0.15) is 11.4 Å². The Morgan fingerprint density at radius 3 is 2.67 bits per heavy atom. The van der Waals surface area contributed by atoms with E-state index in [4.69, 9.17) is 21.0 Å². The maximum atomic E-state index is 13.5. The molecule has 40 heavy (non-hydrogen) atoms. The number of furan rings is 1. The molecule has 0 bridgehead atoms. The van der Waals surface area contributed by atoms with Crippen LogP contribution in [0.15, 0.2) is 102 Å². The zero-order valence-electron chi connectivity index (χ0n) is 21.9. The smallest absolute Gasteiger partial charge is 0.287 e. The molecular formula is C31H27ClN6O2. The number of rotatable bonds is 9. The van der Waals surface area contributed by atoms with E-state index in [1.54, 1.807) is 43.0 Å². The van der Waals surface area contributed by atoms with Crippen molar-refractivity contribution in [2.45, 2.75) is 32.4 Å². The van der Waals surface area contributed by atoms with Gasteiger partial charge in [0.25, 0.3) is 5.91 Å². The molecule has 4 aromatic heterocycles. The van der Waals surface area contributed by atoms with Crippen molar-refractivity contribution in [3.05, 3.63) is 120 Å². The van der Waals surface area contributed by atoms with Crippen LogP contribution in [-0.2, 0) is 13.0 Å². The highest BCUT2D eigenvalue weighted by Gasteiger charge is 2.25. The molecule has 9 heteroatoms. The number of hydrogen-bond donors (Lipinski definition) is 1. The summed E-state index contributed by atoms with van der Waals surface area (Å²) in [5.74, 6) is 0.645. The molecule has 0 saturated carbocycles. The Labute approximate surface area is 236 Å². The zero-order chi connectivity index (χ0) is 27.5.